The van der Waals surface area contributed by atoms with Crippen LogP contribution >= 0.6 is 35.6 Å². The molecule has 0 saturated carbocycles. The minimum atomic E-state index is -0.285. The van der Waals surface area contributed by atoms with Crippen LogP contribution in [0.3, 0.4) is 0 Å². The molecule has 1 aromatic heterocycles. The van der Waals surface area contributed by atoms with Gasteiger partial charge in [-0.2, -0.15) is 0 Å². The van der Waals surface area contributed by atoms with Gasteiger partial charge >= 0.3 is 0 Å². The maximum atomic E-state index is 12.4. The number of amides is 1. The third-order valence-corrected chi connectivity index (χ3v) is 4.51. The molecule has 136 valence electrons. The van der Waals surface area contributed by atoms with Crippen LogP contribution in [0.5, 0.6) is 0 Å². The maximum absolute atomic E-state index is 12.4. The Morgan fingerprint density at radius 1 is 1.36 bits per heavy atom. The van der Waals surface area contributed by atoms with E-state index in [1.807, 2.05) is 13.8 Å². The average molecular weight is 405 g/mol. The van der Waals surface area contributed by atoms with Crippen LogP contribution in [0.25, 0.3) is 5.69 Å². The summed E-state index contributed by atoms with van der Waals surface area (Å²) in [5.41, 5.74) is 0.540. The minimum Gasteiger partial charge on any atom is -0.345 e. The number of hydrogen-bond acceptors (Lipinski definition) is 4. The molecule has 1 fully saturated rings. The molecule has 2 N–H and O–H groups in total. The molecule has 3 rings (SSSR count). The lowest BCUT2D eigenvalue weighted by molar-refractivity contribution is 0.0929. The van der Waals surface area contributed by atoms with Crippen molar-refractivity contribution in [2.24, 2.45) is 0 Å². The molecule has 1 atom stereocenters. The summed E-state index contributed by atoms with van der Waals surface area (Å²) < 4.78 is 1.57. The van der Waals surface area contributed by atoms with Crippen LogP contribution in [0, 0.1) is 0 Å². The Kier molecular flexibility index (Phi) is 6.68. The predicted molar refractivity (Wildman–Crippen MR) is 101 cm³/mol. The van der Waals surface area contributed by atoms with Gasteiger partial charge in [0.1, 0.15) is 11.5 Å². The summed E-state index contributed by atoms with van der Waals surface area (Å²) in [6.07, 6.45) is 0.903. The van der Waals surface area contributed by atoms with E-state index in [0.29, 0.717) is 21.6 Å². The molecule has 1 unspecified atom stereocenters. The first-order valence-corrected chi connectivity index (χ1v) is 8.66. The molecule has 6 nitrogen and oxygen atoms in total. The van der Waals surface area contributed by atoms with Crippen LogP contribution in [0.2, 0.25) is 10.0 Å². The summed E-state index contributed by atoms with van der Waals surface area (Å²) in [6, 6.07) is 5.34. The molecule has 2 heterocycles. The van der Waals surface area contributed by atoms with Gasteiger partial charge in [0.25, 0.3) is 5.91 Å². The zero-order valence-corrected chi connectivity index (χ0v) is 16.3. The van der Waals surface area contributed by atoms with Crippen LogP contribution < -0.4 is 10.6 Å². The second-order valence-corrected chi connectivity index (χ2v) is 6.91. The number of hydrogen-bond donors (Lipinski definition) is 2. The number of nitrogens with zero attached hydrogens (tertiary/aromatic N) is 3. The van der Waals surface area contributed by atoms with Crippen LogP contribution in [-0.4, -0.2) is 39.8 Å². The molecular weight excluding hydrogens is 385 g/mol. The molecule has 9 heteroatoms. The van der Waals surface area contributed by atoms with Crippen molar-refractivity contribution in [2.45, 2.75) is 32.2 Å². The predicted octanol–water partition coefficient (Wildman–Crippen LogP) is 3.21. The topological polar surface area (TPSA) is 71.8 Å². The monoisotopic (exact) mass is 403 g/mol. The lowest BCUT2D eigenvalue weighted by atomic mass is 10.2. The Hall–Kier alpha value is -1.34. The quantitative estimate of drug-likeness (QED) is 0.821. The summed E-state index contributed by atoms with van der Waals surface area (Å²) in [5, 5.41) is 11.4. The van der Waals surface area contributed by atoms with Gasteiger partial charge in [-0.3, -0.25) is 4.79 Å². The zero-order chi connectivity index (χ0) is 17.3. The van der Waals surface area contributed by atoms with Crippen molar-refractivity contribution < 1.29 is 4.79 Å². The van der Waals surface area contributed by atoms with Crippen molar-refractivity contribution >= 4 is 41.5 Å². The number of rotatable bonds is 4. The fraction of sp³-hybridized carbons (Fsp3) is 0.438. The Morgan fingerprint density at radius 2 is 2.04 bits per heavy atom. The van der Waals surface area contributed by atoms with E-state index in [1.54, 1.807) is 22.9 Å². The third-order valence-electron chi connectivity index (χ3n) is 3.90. The minimum absolute atomic E-state index is 0. The Morgan fingerprint density at radius 3 is 2.60 bits per heavy atom. The van der Waals surface area contributed by atoms with Crippen molar-refractivity contribution in [1.29, 1.82) is 0 Å². The van der Waals surface area contributed by atoms with E-state index < -0.39 is 0 Å². The van der Waals surface area contributed by atoms with Gasteiger partial charge in [0.15, 0.2) is 0 Å². The number of aromatic nitrogens is 3. The molecule has 0 bridgehead atoms. The third kappa shape index (κ3) is 4.26. The molecule has 1 amide bonds. The van der Waals surface area contributed by atoms with Gasteiger partial charge in [-0.25, -0.2) is 9.67 Å². The van der Waals surface area contributed by atoms with E-state index in [9.17, 15) is 4.79 Å². The van der Waals surface area contributed by atoms with E-state index in [1.165, 1.54) is 0 Å². The molecule has 2 aromatic rings. The number of nitrogens with one attached hydrogen (secondary N) is 2. The standard InChI is InChI=1S/C16H19Cl2N5O.ClH/c1-9(2)15-21-14(16(24)20-10-6-7-19-8-10)22-23(15)13-11(17)4-3-5-12(13)18;/h3-5,9-10,19H,6-8H2,1-2H3,(H,20,24);1H. The molecule has 1 aromatic carbocycles. The van der Waals surface area contributed by atoms with E-state index >= 15 is 0 Å². The Balaban J connectivity index is 0.00000225. The van der Waals surface area contributed by atoms with Gasteiger partial charge < -0.3 is 10.6 Å². The van der Waals surface area contributed by atoms with Crippen LogP contribution in [0.4, 0.5) is 0 Å². The van der Waals surface area contributed by atoms with Gasteiger partial charge in [-0.05, 0) is 25.1 Å². The highest BCUT2D eigenvalue weighted by atomic mass is 35.5. The molecule has 1 saturated heterocycles. The maximum Gasteiger partial charge on any atom is 0.291 e. The summed E-state index contributed by atoms with van der Waals surface area (Å²) in [7, 11) is 0. The highest BCUT2D eigenvalue weighted by Gasteiger charge is 2.24. The number of benzene rings is 1. The van der Waals surface area contributed by atoms with Crippen molar-refractivity contribution in [3.63, 3.8) is 0 Å². The zero-order valence-electron chi connectivity index (χ0n) is 13.9. The summed E-state index contributed by atoms with van der Waals surface area (Å²) in [4.78, 5) is 16.9. The average Bonchev–Trinajstić information content (AvgIpc) is 3.16. The summed E-state index contributed by atoms with van der Waals surface area (Å²) >= 11 is 12.6. The summed E-state index contributed by atoms with van der Waals surface area (Å²) in [5.74, 6) is 0.536. The van der Waals surface area contributed by atoms with E-state index in [-0.39, 0.29) is 36.1 Å². The van der Waals surface area contributed by atoms with Gasteiger partial charge in [0.05, 0.1) is 10.0 Å². The largest absolute Gasteiger partial charge is 0.345 e. The lowest BCUT2D eigenvalue weighted by Gasteiger charge is -2.11. The molecule has 0 spiro atoms. The van der Waals surface area contributed by atoms with Crippen molar-refractivity contribution in [3.8, 4) is 5.69 Å². The highest BCUT2D eigenvalue weighted by molar-refractivity contribution is 6.37. The first-order chi connectivity index (χ1) is 11.5. The van der Waals surface area contributed by atoms with Crippen molar-refractivity contribution in [1.82, 2.24) is 25.4 Å². The van der Waals surface area contributed by atoms with E-state index in [4.69, 9.17) is 23.2 Å². The Labute approximate surface area is 162 Å². The fourth-order valence-corrected chi connectivity index (χ4v) is 3.24. The van der Waals surface area contributed by atoms with Crippen LogP contribution in [0.1, 0.15) is 42.6 Å². The molecule has 0 aliphatic carbocycles. The van der Waals surface area contributed by atoms with Crippen LogP contribution in [-0.2, 0) is 0 Å². The Bertz CT molecular complexity index is 736. The molecule has 0 radical (unpaired) electrons. The number of carbonyl (C=O) groups is 1. The number of carbonyl (C=O) groups excluding carboxylic acids is 1. The number of halogens is 3. The SMILES string of the molecule is CC(C)c1nc(C(=O)NC2CCNC2)nn1-c1c(Cl)cccc1Cl.Cl. The first kappa shape index (κ1) is 20.0. The molecule has 25 heavy (non-hydrogen) atoms. The fourth-order valence-electron chi connectivity index (χ4n) is 2.68. The van der Waals surface area contributed by atoms with Gasteiger partial charge in [-0.1, -0.05) is 43.1 Å². The smallest absolute Gasteiger partial charge is 0.291 e. The van der Waals surface area contributed by atoms with Crippen molar-refractivity contribution in [3.05, 3.63) is 39.9 Å². The lowest BCUT2D eigenvalue weighted by Crippen LogP contribution is -2.36. The van der Waals surface area contributed by atoms with Crippen molar-refractivity contribution in [2.75, 3.05) is 13.1 Å². The van der Waals surface area contributed by atoms with Gasteiger partial charge in [0, 0.05) is 18.5 Å². The van der Waals surface area contributed by atoms with Gasteiger partial charge in [-0.15, -0.1) is 17.5 Å². The van der Waals surface area contributed by atoms with Crippen LogP contribution in [0.15, 0.2) is 18.2 Å². The highest BCUT2D eigenvalue weighted by Crippen LogP contribution is 2.30. The number of para-hydroxylation sites is 1. The normalized spacial score (nSPS) is 16.8. The van der Waals surface area contributed by atoms with Gasteiger partial charge in [0.2, 0.25) is 5.82 Å². The first-order valence-electron chi connectivity index (χ1n) is 7.90. The second-order valence-electron chi connectivity index (χ2n) is 6.09. The molecule has 1 aliphatic heterocycles. The second kappa shape index (κ2) is 8.36. The summed E-state index contributed by atoms with van der Waals surface area (Å²) in [6.45, 7) is 5.63. The molecular formula is C16H20Cl3N5O. The molecule has 1 aliphatic rings. The van der Waals surface area contributed by atoms with E-state index in [0.717, 1.165) is 19.5 Å². The van der Waals surface area contributed by atoms with E-state index in [2.05, 4.69) is 20.7 Å².